The molecule has 3 aromatic heterocycles. The fourth-order valence-electron chi connectivity index (χ4n) is 3.03. The number of thiophene rings is 1. The van der Waals surface area contributed by atoms with E-state index >= 15 is 0 Å². The molecule has 0 bridgehead atoms. The summed E-state index contributed by atoms with van der Waals surface area (Å²) >= 11 is 6.18. The summed E-state index contributed by atoms with van der Waals surface area (Å²) < 4.78 is 7.99. The molecule has 1 fully saturated rings. The predicted molar refractivity (Wildman–Crippen MR) is 108 cm³/mol. The van der Waals surface area contributed by atoms with Crippen LogP contribution in [0.3, 0.4) is 0 Å². The zero-order chi connectivity index (χ0) is 19.7. The smallest absolute Gasteiger partial charge is 0.136 e. The first kappa shape index (κ1) is 20.0. The van der Waals surface area contributed by atoms with Gasteiger partial charge in [-0.2, -0.15) is 11.3 Å². The Hall–Kier alpha value is -1.34. The van der Waals surface area contributed by atoms with Crippen LogP contribution >= 0.6 is 39.0 Å². The van der Waals surface area contributed by atoms with Gasteiger partial charge in [0.2, 0.25) is 0 Å². The van der Waals surface area contributed by atoms with Crippen LogP contribution in [0, 0.1) is 0 Å². The van der Waals surface area contributed by atoms with Crippen LogP contribution in [0.15, 0.2) is 50.9 Å². The molecule has 4 heterocycles. The van der Waals surface area contributed by atoms with Gasteiger partial charge in [0, 0.05) is 32.7 Å². The first-order chi connectivity index (χ1) is 13.6. The Morgan fingerprint density at radius 2 is 2.14 bits per heavy atom. The quantitative estimate of drug-likeness (QED) is 0.503. The Morgan fingerprint density at radius 3 is 2.86 bits per heavy atom. The molecule has 8 nitrogen and oxygen atoms in total. The van der Waals surface area contributed by atoms with E-state index in [0.717, 1.165) is 14.9 Å². The third kappa shape index (κ3) is 4.01. The standard InChI is InChI=1S/C17H17BrN4O4S2/c18-10-3-11(5-19-4-10)28-17-16(25)14(15(24)13(7-23)26-17)22-6-12(20-21-22)9-1-2-27-8-9/h1-6,8,13-17,23-25H,7H2/t13-,14+,15+,16-,17-/m1/s1. The number of thioether (sulfide) groups is 1. The maximum Gasteiger partial charge on any atom is 0.136 e. The summed E-state index contributed by atoms with van der Waals surface area (Å²) in [4.78, 5) is 4.89. The molecule has 148 valence electrons. The summed E-state index contributed by atoms with van der Waals surface area (Å²) in [6.07, 6.45) is 1.91. The number of nitrogens with zero attached hydrogens (tertiary/aromatic N) is 4. The molecule has 0 spiro atoms. The summed E-state index contributed by atoms with van der Waals surface area (Å²) in [6.45, 7) is -0.385. The molecule has 0 amide bonds. The second-order valence-electron chi connectivity index (χ2n) is 6.25. The molecule has 1 aliphatic rings. The average Bonchev–Trinajstić information content (AvgIpc) is 3.36. The Morgan fingerprint density at radius 1 is 1.29 bits per heavy atom. The lowest BCUT2D eigenvalue weighted by Gasteiger charge is -2.41. The molecule has 28 heavy (non-hydrogen) atoms. The maximum absolute atomic E-state index is 10.9. The third-order valence-electron chi connectivity index (χ3n) is 4.41. The molecule has 1 saturated heterocycles. The fraction of sp³-hybridized carbons (Fsp3) is 0.353. The minimum absolute atomic E-state index is 0.385. The topological polar surface area (TPSA) is 114 Å². The first-order valence-electron chi connectivity index (χ1n) is 8.41. The van der Waals surface area contributed by atoms with E-state index in [0.29, 0.717) is 5.69 Å². The van der Waals surface area contributed by atoms with Crippen LogP contribution < -0.4 is 0 Å². The second-order valence-corrected chi connectivity index (χ2v) is 9.12. The lowest BCUT2D eigenvalue weighted by Crippen LogP contribution is -2.55. The normalized spacial score (nSPS) is 27.8. The highest BCUT2D eigenvalue weighted by Gasteiger charge is 2.46. The molecule has 5 atom stereocenters. The van der Waals surface area contributed by atoms with Crippen molar-refractivity contribution < 1.29 is 20.1 Å². The molecule has 0 aliphatic carbocycles. The molecule has 0 unspecified atom stereocenters. The highest BCUT2D eigenvalue weighted by Crippen LogP contribution is 2.38. The third-order valence-corrected chi connectivity index (χ3v) is 6.65. The largest absolute Gasteiger partial charge is 0.394 e. The number of aliphatic hydroxyl groups is 3. The zero-order valence-corrected chi connectivity index (χ0v) is 17.6. The van der Waals surface area contributed by atoms with Crippen LogP contribution in [0.2, 0.25) is 0 Å². The minimum Gasteiger partial charge on any atom is -0.394 e. The molecule has 1 aliphatic heterocycles. The highest BCUT2D eigenvalue weighted by molar-refractivity contribution is 9.10. The van der Waals surface area contributed by atoms with Crippen molar-refractivity contribution in [3.63, 3.8) is 0 Å². The van der Waals surface area contributed by atoms with E-state index < -0.39 is 29.8 Å². The average molecular weight is 485 g/mol. The van der Waals surface area contributed by atoms with E-state index in [4.69, 9.17) is 4.74 Å². The van der Waals surface area contributed by atoms with Crippen molar-refractivity contribution in [1.29, 1.82) is 0 Å². The van der Waals surface area contributed by atoms with E-state index in [2.05, 4.69) is 31.2 Å². The number of halogens is 1. The minimum atomic E-state index is -1.14. The van der Waals surface area contributed by atoms with Crippen LogP contribution in [-0.4, -0.2) is 65.7 Å². The van der Waals surface area contributed by atoms with Gasteiger partial charge in [0.1, 0.15) is 35.5 Å². The number of hydrogen-bond acceptors (Lipinski definition) is 9. The molecule has 0 radical (unpaired) electrons. The molecule has 3 N–H and O–H groups in total. The van der Waals surface area contributed by atoms with Gasteiger partial charge in [-0.1, -0.05) is 17.0 Å². The molecular weight excluding hydrogens is 468 g/mol. The number of pyridine rings is 1. The predicted octanol–water partition coefficient (Wildman–Crippen LogP) is 1.94. The van der Waals surface area contributed by atoms with E-state index in [1.54, 1.807) is 29.9 Å². The van der Waals surface area contributed by atoms with Gasteiger partial charge >= 0.3 is 0 Å². The summed E-state index contributed by atoms with van der Waals surface area (Å²) in [6, 6.07) is 2.96. The lowest BCUT2D eigenvalue weighted by molar-refractivity contribution is -0.178. The van der Waals surface area contributed by atoms with Crippen LogP contribution in [0.25, 0.3) is 11.3 Å². The Kier molecular flexibility index (Phi) is 6.11. The molecule has 3 aromatic rings. The van der Waals surface area contributed by atoms with Crippen molar-refractivity contribution in [2.45, 2.75) is 34.7 Å². The number of hydrogen-bond donors (Lipinski definition) is 3. The lowest BCUT2D eigenvalue weighted by atomic mass is 9.97. The van der Waals surface area contributed by atoms with Crippen molar-refractivity contribution in [2.24, 2.45) is 0 Å². The van der Waals surface area contributed by atoms with Crippen LogP contribution in [0.1, 0.15) is 6.04 Å². The van der Waals surface area contributed by atoms with Crippen LogP contribution in [-0.2, 0) is 4.74 Å². The van der Waals surface area contributed by atoms with Gasteiger partial charge in [0.05, 0.1) is 12.8 Å². The monoisotopic (exact) mass is 484 g/mol. The maximum atomic E-state index is 10.9. The van der Waals surface area contributed by atoms with Gasteiger partial charge < -0.3 is 20.1 Å². The molecule has 4 rings (SSSR count). The van der Waals surface area contributed by atoms with Crippen molar-refractivity contribution >= 4 is 39.0 Å². The number of rotatable bonds is 5. The van der Waals surface area contributed by atoms with Gasteiger partial charge in [0.25, 0.3) is 0 Å². The summed E-state index contributed by atoms with van der Waals surface area (Å²) in [5, 5.41) is 43.4. The van der Waals surface area contributed by atoms with Crippen LogP contribution in [0.5, 0.6) is 0 Å². The number of aromatic nitrogens is 4. The van der Waals surface area contributed by atoms with E-state index in [1.807, 2.05) is 22.9 Å². The molecule has 0 saturated carbocycles. The van der Waals surface area contributed by atoms with Crippen molar-refractivity contribution in [3.05, 3.63) is 46.0 Å². The fourth-order valence-corrected chi connectivity index (χ4v) is 5.28. The summed E-state index contributed by atoms with van der Waals surface area (Å²) in [5.74, 6) is 0. The van der Waals surface area contributed by atoms with Gasteiger partial charge in [-0.3, -0.25) is 4.98 Å². The molecular formula is C17H17BrN4O4S2. The van der Waals surface area contributed by atoms with E-state index in [9.17, 15) is 15.3 Å². The van der Waals surface area contributed by atoms with E-state index in [1.165, 1.54) is 16.4 Å². The second kappa shape index (κ2) is 8.57. The van der Waals surface area contributed by atoms with E-state index in [-0.39, 0.29) is 6.61 Å². The molecule has 11 heteroatoms. The van der Waals surface area contributed by atoms with Crippen molar-refractivity contribution in [1.82, 2.24) is 20.0 Å². The van der Waals surface area contributed by atoms with Crippen molar-refractivity contribution in [2.75, 3.05) is 6.61 Å². The number of aliphatic hydroxyl groups excluding tert-OH is 3. The summed E-state index contributed by atoms with van der Waals surface area (Å²) in [7, 11) is 0. The Bertz CT molecular complexity index is 926. The van der Waals surface area contributed by atoms with Gasteiger partial charge in [-0.05, 0) is 33.4 Å². The summed E-state index contributed by atoms with van der Waals surface area (Å²) in [5.41, 5.74) is 0.834. The number of ether oxygens (including phenoxy) is 1. The molecule has 0 aromatic carbocycles. The zero-order valence-electron chi connectivity index (χ0n) is 14.4. The van der Waals surface area contributed by atoms with Gasteiger partial charge in [-0.15, -0.1) is 5.10 Å². The Labute approximate surface area is 177 Å². The van der Waals surface area contributed by atoms with Gasteiger partial charge in [0.15, 0.2) is 0 Å². The SMILES string of the molecule is OC[C@H]1O[C@H](Sc2cncc(Br)c2)[C@H](O)[C@@H](n2cc(-c3ccsc3)nn2)[C@H]1O. The van der Waals surface area contributed by atoms with Crippen LogP contribution in [0.4, 0.5) is 0 Å². The highest BCUT2D eigenvalue weighted by atomic mass is 79.9. The van der Waals surface area contributed by atoms with Crippen molar-refractivity contribution in [3.8, 4) is 11.3 Å². The van der Waals surface area contributed by atoms with Gasteiger partial charge in [-0.25, -0.2) is 4.68 Å². The first-order valence-corrected chi connectivity index (χ1v) is 11.0. The Balaban J connectivity index is 1.61.